The molecule has 2 amide bonds. The first-order valence-corrected chi connectivity index (χ1v) is 3.67. The summed E-state index contributed by atoms with van der Waals surface area (Å²) in [4.78, 5) is 22.8. The Morgan fingerprint density at radius 2 is 2.25 bits per heavy atom. The van der Waals surface area contributed by atoms with Crippen molar-refractivity contribution in [1.82, 2.24) is 4.90 Å². The topological polar surface area (TPSA) is 37.4 Å². The molecule has 2 aliphatic rings. The van der Waals surface area contributed by atoms with Crippen LogP contribution in [0.25, 0.3) is 0 Å². The van der Waals surface area contributed by atoms with Crippen LogP contribution in [0.1, 0.15) is 0 Å². The summed E-state index contributed by atoms with van der Waals surface area (Å²) >= 11 is 0. The normalized spacial score (nSPS) is 25.7. The number of allylic oxidation sites excluding steroid dienone is 3. The molecule has 0 fully saturated rings. The van der Waals surface area contributed by atoms with Gasteiger partial charge in [-0.1, -0.05) is 24.3 Å². The molecule has 0 saturated carbocycles. The second-order valence-corrected chi connectivity index (χ2v) is 2.70. The number of hydrogen-bond donors (Lipinski definition) is 0. The molecule has 0 saturated heterocycles. The van der Waals surface area contributed by atoms with Crippen molar-refractivity contribution in [3.05, 3.63) is 36.1 Å². The van der Waals surface area contributed by atoms with Crippen molar-refractivity contribution in [2.24, 2.45) is 5.92 Å². The summed E-state index contributed by atoms with van der Waals surface area (Å²) < 4.78 is 0. The molecule has 1 heterocycles. The molecule has 0 bridgehead atoms. The van der Waals surface area contributed by atoms with E-state index in [9.17, 15) is 9.59 Å². The number of amides is 2. The van der Waals surface area contributed by atoms with Gasteiger partial charge in [0.15, 0.2) is 0 Å². The highest BCUT2D eigenvalue weighted by atomic mass is 16.2. The molecule has 1 atom stereocenters. The number of nitrogens with zero attached hydrogens (tertiary/aromatic N) is 1. The van der Waals surface area contributed by atoms with Gasteiger partial charge in [0.2, 0.25) is 12.3 Å². The van der Waals surface area contributed by atoms with Gasteiger partial charge < -0.3 is 0 Å². The van der Waals surface area contributed by atoms with E-state index in [4.69, 9.17) is 0 Å². The zero-order valence-corrected chi connectivity index (χ0v) is 6.31. The molecule has 1 aliphatic carbocycles. The van der Waals surface area contributed by atoms with Crippen LogP contribution in [0.4, 0.5) is 0 Å². The third kappa shape index (κ3) is 0.830. The van der Waals surface area contributed by atoms with Gasteiger partial charge in [0, 0.05) is 6.20 Å². The number of carbonyl (C=O) groups excluding carboxylic acids is 2. The molecule has 1 unspecified atom stereocenters. The molecular weight excluding hydrogens is 154 g/mol. The molecule has 0 aromatic rings. The summed E-state index contributed by atoms with van der Waals surface area (Å²) in [5, 5.41) is 0. The molecule has 60 valence electrons. The summed E-state index contributed by atoms with van der Waals surface area (Å²) in [5.74, 6) is -0.402. The van der Waals surface area contributed by atoms with Gasteiger partial charge >= 0.3 is 0 Å². The maximum atomic E-state index is 11.3. The van der Waals surface area contributed by atoms with Gasteiger partial charge in [-0.25, -0.2) is 0 Å². The Bertz CT molecular complexity index is 325. The predicted molar refractivity (Wildman–Crippen MR) is 42.8 cm³/mol. The molecule has 0 radical (unpaired) electrons. The van der Waals surface area contributed by atoms with Crippen LogP contribution in [0.5, 0.6) is 0 Å². The van der Waals surface area contributed by atoms with Gasteiger partial charge in [-0.2, -0.15) is 0 Å². The maximum Gasteiger partial charge on any atom is 0.244 e. The zero-order valence-electron chi connectivity index (χ0n) is 6.31. The summed E-state index contributed by atoms with van der Waals surface area (Å²) in [5.41, 5.74) is 0.884. The van der Waals surface area contributed by atoms with Gasteiger partial charge in [0.25, 0.3) is 0 Å². The van der Waals surface area contributed by atoms with Gasteiger partial charge in [-0.3, -0.25) is 14.5 Å². The predicted octanol–water partition coefficient (Wildman–Crippen LogP) is 0.611. The molecule has 3 heteroatoms. The van der Waals surface area contributed by atoms with E-state index in [1.165, 1.54) is 0 Å². The molecule has 0 aromatic heterocycles. The molecule has 0 aromatic carbocycles. The first kappa shape index (κ1) is 7.03. The van der Waals surface area contributed by atoms with E-state index in [0.29, 0.717) is 6.41 Å². The lowest BCUT2D eigenvalue weighted by Gasteiger charge is -2.07. The monoisotopic (exact) mass is 161 g/mol. The van der Waals surface area contributed by atoms with E-state index in [2.05, 4.69) is 0 Å². The summed E-state index contributed by atoms with van der Waals surface area (Å²) in [6.07, 6.45) is 9.40. The number of rotatable bonds is 1. The van der Waals surface area contributed by atoms with Crippen LogP contribution < -0.4 is 0 Å². The van der Waals surface area contributed by atoms with E-state index in [0.717, 1.165) is 10.5 Å². The van der Waals surface area contributed by atoms with Gasteiger partial charge in [0.1, 0.15) is 0 Å². The maximum absolute atomic E-state index is 11.3. The summed E-state index contributed by atoms with van der Waals surface area (Å²) in [6.45, 7) is 0. The summed E-state index contributed by atoms with van der Waals surface area (Å²) in [6, 6.07) is 0. The Morgan fingerprint density at radius 3 is 2.92 bits per heavy atom. The number of fused-ring (bicyclic) bond motifs is 1. The van der Waals surface area contributed by atoms with E-state index >= 15 is 0 Å². The lowest BCUT2D eigenvalue weighted by molar-refractivity contribution is -0.134. The Balaban J connectivity index is 2.38. The Morgan fingerprint density at radius 1 is 1.42 bits per heavy atom. The lowest BCUT2D eigenvalue weighted by atomic mass is 9.97. The van der Waals surface area contributed by atoms with Crippen molar-refractivity contribution in [1.29, 1.82) is 0 Å². The van der Waals surface area contributed by atoms with Crippen LogP contribution in [0.3, 0.4) is 0 Å². The van der Waals surface area contributed by atoms with Crippen LogP contribution in [-0.4, -0.2) is 17.2 Å². The highest BCUT2D eigenvalue weighted by molar-refractivity contribution is 5.96. The standard InChI is InChI=1S/C9H7NO2/c11-6-10-5-7-3-1-2-4-8(7)9(10)12/h1-6,8H. The van der Waals surface area contributed by atoms with Crippen molar-refractivity contribution in [3.63, 3.8) is 0 Å². The smallest absolute Gasteiger partial charge is 0.244 e. The van der Waals surface area contributed by atoms with Gasteiger partial charge in [0.05, 0.1) is 5.92 Å². The quantitative estimate of drug-likeness (QED) is 0.528. The van der Waals surface area contributed by atoms with Crippen molar-refractivity contribution in [2.75, 3.05) is 0 Å². The van der Waals surface area contributed by atoms with Crippen LogP contribution in [0.2, 0.25) is 0 Å². The molecule has 1 aliphatic heterocycles. The lowest BCUT2D eigenvalue weighted by Crippen LogP contribution is -2.24. The highest BCUT2D eigenvalue weighted by Gasteiger charge is 2.30. The first-order chi connectivity index (χ1) is 5.83. The zero-order chi connectivity index (χ0) is 8.55. The van der Waals surface area contributed by atoms with Crippen LogP contribution >= 0.6 is 0 Å². The SMILES string of the molecule is O=CN1C=C2C=CC=CC2C1=O. The molecule has 3 nitrogen and oxygen atoms in total. The van der Waals surface area contributed by atoms with E-state index in [1.54, 1.807) is 12.3 Å². The molecule has 0 spiro atoms. The molecule has 12 heavy (non-hydrogen) atoms. The van der Waals surface area contributed by atoms with Crippen LogP contribution in [-0.2, 0) is 9.59 Å². The minimum Gasteiger partial charge on any atom is -0.278 e. The van der Waals surface area contributed by atoms with E-state index < -0.39 is 0 Å². The Labute approximate surface area is 69.7 Å². The van der Waals surface area contributed by atoms with Crippen LogP contribution in [0.15, 0.2) is 36.1 Å². The fourth-order valence-corrected chi connectivity index (χ4v) is 1.37. The Kier molecular flexibility index (Phi) is 1.43. The second-order valence-electron chi connectivity index (χ2n) is 2.70. The number of carbonyl (C=O) groups is 2. The van der Waals surface area contributed by atoms with E-state index in [-0.39, 0.29) is 11.8 Å². The third-order valence-corrected chi connectivity index (χ3v) is 1.98. The second kappa shape index (κ2) is 2.44. The highest BCUT2D eigenvalue weighted by Crippen LogP contribution is 2.26. The largest absolute Gasteiger partial charge is 0.278 e. The fourth-order valence-electron chi connectivity index (χ4n) is 1.37. The van der Waals surface area contributed by atoms with Crippen molar-refractivity contribution >= 4 is 12.3 Å². The van der Waals surface area contributed by atoms with Gasteiger partial charge in [-0.15, -0.1) is 0 Å². The Hall–Kier alpha value is -1.64. The average molecular weight is 161 g/mol. The van der Waals surface area contributed by atoms with Crippen molar-refractivity contribution in [3.8, 4) is 0 Å². The third-order valence-electron chi connectivity index (χ3n) is 1.98. The minimum absolute atomic E-state index is 0.166. The fraction of sp³-hybridized carbons (Fsp3) is 0.111. The molecular formula is C9H7NO2. The van der Waals surface area contributed by atoms with Crippen LogP contribution in [0, 0.1) is 5.92 Å². The summed E-state index contributed by atoms with van der Waals surface area (Å²) in [7, 11) is 0. The first-order valence-electron chi connectivity index (χ1n) is 3.67. The average Bonchev–Trinajstić information content (AvgIpc) is 2.44. The molecule has 0 N–H and O–H groups in total. The number of imide groups is 1. The number of hydrogen-bond acceptors (Lipinski definition) is 2. The van der Waals surface area contributed by atoms with Gasteiger partial charge in [-0.05, 0) is 5.57 Å². The van der Waals surface area contributed by atoms with Crippen molar-refractivity contribution in [2.45, 2.75) is 0 Å². The molecule has 2 rings (SSSR count). The minimum atomic E-state index is -0.236. The van der Waals surface area contributed by atoms with E-state index in [1.807, 2.05) is 18.2 Å². The van der Waals surface area contributed by atoms with Crippen molar-refractivity contribution < 1.29 is 9.59 Å².